The number of nitrogens with zero attached hydrogens (tertiary/aromatic N) is 3. The zero-order valence-corrected chi connectivity index (χ0v) is 18.1. The number of likely N-dealkylation sites (tertiary alicyclic amines) is 1. The highest BCUT2D eigenvalue weighted by molar-refractivity contribution is 5.93. The first kappa shape index (κ1) is 20.8. The summed E-state index contributed by atoms with van der Waals surface area (Å²) in [5.74, 6) is 0.101. The maximum Gasteiger partial charge on any atom is 0.246 e. The molecular formula is C26H24N4O3. The first-order valence-electron chi connectivity index (χ1n) is 11.0. The largest absolute Gasteiger partial charge is 0.454 e. The summed E-state index contributed by atoms with van der Waals surface area (Å²) in [6.45, 7) is 1.05. The SMILES string of the molecule is NC(=O)C1CCN(C(=O)C=Cc2cn(-c3ccccc3)nc2-c2cc3ccccc3o2)CC1. The number of carbonyl (C=O) groups is 2. The third kappa shape index (κ3) is 4.30. The van der Waals surface area contributed by atoms with Gasteiger partial charge in [-0.3, -0.25) is 9.59 Å². The second kappa shape index (κ2) is 8.78. The van der Waals surface area contributed by atoms with Crippen LogP contribution in [-0.4, -0.2) is 39.6 Å². The monoisotopic (exact) mass is 440 g/mol. The molecule has 166 valence electrons. The molecule has 2 amide bonds. The number of carbonyl (C=O) groups excluding carboxylic acids is 2. The van der Waals surface area contributed by atoms with Crippen molar-refractivity contribution < 1.29 is 14.0 Å². The van der Waals surface area contributed by atoms with E-state index in [1.54, 1.807) is 21.7 Å². The van der Waals surface area contributed by atoms with E-state index in [1.165, 1.54) is 0 Å². The van der Waals surface area contributed by atoms with Gasteiger partial charge in [0.15, 0.2) is 5.76 Å². The lowest BCUT2D eigenvalue weighted by atomic mass is 9.96. The van der Waals surface area contributed by atoms with Crippen molar-refractivity contribution in [3.8, 4) is 17.1 Å². The third-order valence-corrected chi connectivity index (χ3v) is 6.04. The van der Waals surface area contributed by atoms with Crippen molar-refractivity contribution in [2.45, 2.75) is 12.8 Å². The Bertz CT molecular complexity index is 1300. The van der Waals surface area contributed by atoms with Crippen LogP contribution in [0.1, 0.15) is 18.4 Å². The van der Waals surface area contributed by atoms with Crippen LogP contribution in [-0.2, 0) is 9.59 Å². The summed E-state index contributed by atoms with van der Waals surface area (Å²) in [7, 11) is 0. The molecule has 2 N–H and O–H groups in total. The maximum absolute atomic E-state index is 12.8. The van der Waals surface area contributed by atoms with Crippen LogP contribution in [0.25, 0.3) is 34.2 Å². The first-order valence-corrected chi connectivity index (χ1v) is 11.0. The van der Waals surface area contributed by atoms with Crippen LogP contribution in [0.15, 0.2) is 77.4 Å². The number of piperidine rings is 1. The highest BCUT2D eigenvalue weighted by atomic mass is 16.3. The fourth-order valence-electron chi connectivity index (χ4n) is 4.16. The lowest BCUT2D eigenvalue weighted by Gasteiger charge is -2.29. The number of nitrogens with two attached hydrogens (primary N) is 1. The fourth-order valence-corrected chi connectivity index (χ4v) is 4.16. The topological polar surface area (TPSA) is 94.4 Å². The van der Waals surface area contributed by atoms with Gasteiger partial charge in [-0.1, -0.05) is 36.4 Å². The van der Waals surface area contributed by atoms with Gasteiger partial charge in [0.05, 0.1) is 5.69 Å². The Kier molecular flexibility index (Phi) is 5.52. The quantitative estimate of drug-likeness (QED) is 0.474. The van der Waals surface area contributed by atoms with Crippen molar-refractivity contribution in [3.63, 3.8) is 0 Å². The van der Waals surface area contributed by atoms with Gasteiger partial charge in [-0.25, -0.2) is 4.68 Å². The molecule has 0 saturated carbocycles. The van der Waals surface area contributed by atoms with E-state index in [9.17, 15) is 9.59 Å². The number of rotatable bonds is 5. The molecule has 2 aromatic carbocycles. The van der Waals surface area contributed by atoms with Crippen molar-refractivity contribution in [2.75, 3.05) is 13.1 Å². The number of primary amides is 1. The molecular weight excluding hydrogens is 416 g/mol. The van der Waals surface area contributed by atoms with Crippen LogP contribution < -0.4 is 5.73 Å². The average molecular weight is 441 g/mol. The second-order valence-electron chi connectivity index (χ2n) is 8.20. The third-order valence-electron chi connectivity index (χ3n) is 6.04. The molecule has 3 heterocycles. The predicted octanol–water partition coefficient (Wildman–Crippen LogP) is 4.02. The van der Waals surface area contributed by atoms with E-state index in [-0.39, 0.29) is 17.7 Å². The Morgan fingerprint density at radius 1 is 1.03 bits per heavy atom. The molecule has 1 aliphatic rings. The van der Waals surface area contributed by atoms with Gasteiger partial charge in [-0.15, -0.1) is 0 Å². The van der Waals surface area contributed by atoms with Gasteiger partial charge in [0.2, 0.25) is 11.8 Å². The van der Waals surface area contributed by atoms with Gasteiger partial charge in [0.25, 0.3) is 0 Å². The molecule has 5 rings (SSSR count). The summed E-state index contributed by atoms with van der Waals surface area (Å²) in [6.07, 6.45) is 6.43. The Morgan fingerprint density at radius 2 is 1.76 bits per heavy atom. The van der Waals surface area contributed by atoms with E-state index in [1.807, 2.05) is 66.9 Å². The summed E-state index contributed by atoms with van der Waals surface area (Å²) in [5.41, 5.74) is 8.53. The van der Waals surface area contributed by atoms with Crippen molar-refractivity contribution in [3.05, 3.63) is 78.5 Å². The van der Waals surface area contributed by atoms with Gasteiger partial charge in [-0.2, -0.15) is 5.10 Å². The van der Waals surface area contributed by atoms with Crippen molar-refractivity contribution >= 4 is 28.9 Å². The van der Waals surface area contributed by atoms with Crippen LogP contribution in [0.3, 0.4) is 0 Å². The number of hydrogen-bond acceptors (Lipinski definition) is 4. The van der Waals surface area contributed by atoms with E-state index in [4.69, 9.17) is 15.2 Å². The minimum Gasteiger partial charge on any atom is -0.454 e. The Morgan fingerprint density at radius 3 is 2.48 bits per heavy atom. The van der Waals surface area contributed by atoms with E-state index < -0.39 is 0 Å². The first-order chi connectivity index (χ1) is 16.1. The second-order valence-corrected chi connectivity index (χ2v) is 8.20. The molecule has 0 radical (unpaired) electrons. The molecule has 2 aromatic heterocycles. The molecule has 1 aliphatic heterocycles. The highest BCUT2D eigenvalue weighted by Crippen LogP contribution is 2.30. The summed E-state index contributed by atoms with van der Waals surface area (Å²) < 4.78 is 7.84. The molecule has 1 saturated heterocycles. The minimum atomic E-state index is -0.290. The number of benzene rings is 2. The number of furan rings is 1. The molecule has 0 bridgehead atoms. The lowest BCUT2D eigenvalue weighted by molar-refractivity contribution is -0.130. The van der Waals surface area contributed by atoms with Crippen LogP contribution in [0, 0.1) is 5.92 Å². The average Bonchev–Trinajstić information content (AvgIpc) is 3.47. The zero-order valence-electron chi connectivity index (χ0n) is 18.1. The summed E-state index contributed by atoms with van der Waals surface area (Å²) in [6, 6.07) is 19.6. The number of amides is 2. The molecule has 4 aromatic rings. The van der Waals surface area contributed by atoms with Crippen molar-refractivity contribution in [1.82, 2.24) is 14.7 Å². The number of aromatic nitrogens is 2. The molecule has 7 nitrogen and oxygen atoms in total. The zero-order chi connectivity index (χ0) is 22.8. The van der Waals surface area contributed by atoms with E-state index >= 15 is 0 Å². The van der Waals surface area contributed by atoms with Crippen molar-refractivity contribution in [2.24, 2.45) is 11.7 Å². The molecule has 0 unspecified atom stereocenters. The maximum atomic E-state index is 12.8. The smallest absolute Gasteiger partial charge is 0.246 e. The molecule has 33 heavy (non-hydrogen) atoms. The number of para-hydroxylation sites is 2. The Balaban J connectivity index is 1.45. The summed E-state index contributed by atoms with van der Waals surface area (Å²) in [4.78, 5) is 25.9. The number of hydrogen-bond donors (Lipinski definition) is 1. The van der Waals surface area contributed by atoms with Crippen LogP contribution in [0.5, 0.6) is 0 Å². The molecule has 7 heteroatoms. The molecule has 0 spiro atoms. The minimum absolute atomic E-state index is 0.0964. The molecule has 1 fully saturated rings. The Labute approximate surface area is 191 Å². The van der Waals surface area contributed by atoms with Crippen molar-refractivity contribution in [1.29, 1.82) is 0 Å². The molecule has 0 atom stereocenters. The Hall–Kier alpha value is -4.13. The number of fused-ring (bicyclic) bond motifs is 1. The normalized spacial score (nSPS) is 14.8. The van der Waals surface area contributed by atoms with Crippen LogP contribution in [0.2, 0.25) is 0 Å². The highest BCUT2D eigenvalue weighted by Gasteiger charge is 2.25. The van der Waals surface area contributed by atoms with Gasteiger partial charge in [0, 0.05) is 42.2 Å². The van der Waals surface area contributed by atoms with Crippen LogP contribution >= 0.6 is 0 Å². The van der Waals surface area contributed by atoms with E-state index in [2.05, 4.69) is 0 Å². The van der Waals surface area contributed by atoms with E-state index in [0.29, 0.717) is 37.4 Å². The molecule has 0 aliphatic carbocycles. The van der Waals surface area contributed by atoms with Crippen LogP contribution in [0.4, 0.5) is 0 Å². The predicted molar refractivity (Wildman–Crippen MR) is 126 cm³/mol. The van der Waals surface area contributed by atoms with Gasteiger partial charge in [-0.05, 0) is 43.2 Å². The van der Waals surface area contributed by atoms with Gasteiger partial charge < -0.3 is 15.1 Å². The van der Waals surface area contributed by atoms with E-state index in [0.717, 1.165) is 22.2 Å². The van der Waals surface area contributed by atoms with Gasteiger partial charge in [0.1, 0.15) is 11.3 Å². The summed E-state index contributed by atoms with van der Waals surface area (Å²) >= 11 is 0. The summed E-state index contributed by atoms with van der Waals surface area (Å²) in [5, 5.41) is 5.75. The lowest BCUT2D eigenvalue weighted by Crippen LogP contribution is -2.41. The standard InChI is InChI=1S/C26H24N4O3/c27-26(32)18-12-14-29(15-13-18)24(31)11-10-20-17-30(21-7-2-1-3-8-21)28-25(20)23-16-19-6-4-5-9-22(19)33-23/h1-11,16-18H,12-15H2,(H2,27,32). The fraction of sp³-hybridized carbons (Fsp3) is 0.192. The van der Waals surface area contributed by atoms with Gasteiger partial charge >= 0.3 is 0 Å².